The molecule has 0 aliphatic carbocycles. The van der Waals surface area contributed by atoms with E-state index in [1.807, 2.05) is 18.2 Å². The molecule has 0 radical (unpaired) electrons. The first kappa shape index (κ1) is 28.9. The number of benzene rings is 1. The molecule has 0 spiro atoms. The first-order valence-corrected chi connectivity index (χ1v) is 15.1. The van der Waals surface area contributed by atoms with Crippen molar-refractivity contribution in [3.63, 3.8) is 0 Å². The van der Waals surface area contributed by atoms with Gasteiger partial charge in [0.05, 0.1) is 19.0 Å². The van der Waals surface area contributed by atoms with Crippen LogP contribution in [0.4, 0.5) is 5.82 Å². The number of nitrogens with zero attached hydrogens (tertiary/aromatic N) is 4. The van der Waals surface area contributed by atoms with E-state index in [9.17, 15) is 28.6 Å². The Balaban J connectivity index is 1.54. The Morgan fingerprint density at radius 2 is 1.74 bits per heavy atom. The van der Waals surface area contributed by atoms with Crippen LogP contribution in [0.3, 0.4) is 0 Å². The molecule has 38 heavy (non-hydrogen) atoms. The van der Waals surface area contributed by atoms with E-state index in [-0.39, 0.29) is 23.5 Å². The van der Waals surface area contributed by atoms with E-state index in [4.69, 9.17) is 24.8 Å². The lowest BCUT2D eigenvalue weighted by molar-refractivity contribution is -0.0483. The van der Waals surface area contributed by atoms with E-state index in [1.165, 1.54) is 17.2 Å². The minimum atomic E-state index is -5.71. The number of phosphoric ester groups is 1. The van der Waals surface area contributed by atoms with E-state index >= 15 is 0 Å². The molecule has 0 saturated carbocycles. The Bertz CT molecular complexity index is 1420. The van der Waals surface area contributed by atoms with Crippen molar-refractivity contribution in [3.05, 3.63) is 48.5 Å². The van der Waals surface area contributed by atoms with Gasteiger partial charge in [0.25, 0.3) is 0 Å². The minimum Gasteiger partial charge on any atom is -0.387 e. The number of aromatic nitrogens is 4. The number of hydrogen-bond donors (Lipinski definition) is 7. The highest BCUT2D eigenvalue weighted by Crippen LogP contribution is 2.66. The van der Waals surface area contributed by atoms with Gasteiger partial charge in [-0.15, -0.1) is 0 Å². The summed E-state index contributed by atoms with van der Waals surface area (Å²) in [5.74, 6) is 0.0872. The maximum absolute atomic E-state index is 12.2. The minimum absolute atomic E-state index is 0.0872. The quantitative estimate of drug-likeness (QED) is 0.145. The van der Waals surface area contributed by atoms with Gasteiger partial charge in [0, 0.05) is 6.54 Å². The number of fused-ring (bicyclic) bond motifs is 1. The smallest absolute Gasteiger partial charge is 0.387 e. The maximum Gasteiger partial charge on any atom is 0.490 e. The standard InChI is InChI=1S/C17H23N6O12P3/c18-15-13-16(21-8-20-15)23(9-22-13)17-14(24)12(19-6-10-4-2-1-3-5-10)11(33-17)7-32-37(28,29)35-38(30,31)34-36(25,26)27/h1-5,8-9,11-12,14,17,19,24H,6-7H2,(H,28,29)(H,30,31)(H2,18,20,21)(H2,25,26,27)/t11-,12-,14-,17-/m1/s1. The molecule has 208 valence electrons. The third-order valence-corrected chi connectivity index (χ3v) is 9.04. The van der Waals surface area contributed by atoms with Crippen molar-refractivity contribution in [1.82, 2.24) is 24.8 Å². The fourth-order valence-corrected chi connectivity index (χ4v) is 6.76. The maximum atomic E-state index is 12.2. The number of phosphoric acid groups is 3. The van der Waals surface area contributed by atoms with Gasteiger partial charge in [0.1, 0.15) is 24.1 Å². The summed E-state index contributed by atoms with van der Waals surface area (Å²) in [4.78, 5) is 48.6. The van der Waals surface area contributed by atoms with Crippen molar-refractivity contribution in [1.29, 1.82) is 0 Å². The van der Waals surface area contributed by atoms with Gasteiger partial charge >= 0.3 is 23.5 Å². The lowest BCUT2D eigenvalue weighted by Crippen LogP contribution is -2.45. The molecule has 1 aliphatic rings. The van der Waals surface area contributed by atoms with E-state index in [1.54, 1.807) is 12.1 Å². The second-order valence-corrected chi connectivity index (χ2v) is 12.3. The predicted molar refractivity (Wildman–Crippen MR) is 127 cm³/mol. The number of aliphatic hydroxyl groups is 1. The molecule has 21 heteroatoms. The molecule has 2 aromatic heterocycles. The van der Waals surface area contributed by atoms with Crippen LogP contribution in [0.1, 0.15) is 11.8 Å². The van der Waals surface area contributed by atoms with Crippen molar-refractivity contribution in [2.45, 2.75) is 31.0 Å². The molecule has 1 saturated heterocycles. The van der Waals surface area contributed by atoms with Crippen LogP contribution >= 0.6 is 23.5 Å². The second kappa shape index (κ2) is 11.2. The first-order chi connectivity index (χ1) is 17.7. The van der Waals surface area contributed by atoms with Crippen molar-refractivity contribution < 1.29 is 56.3 Å². The molecule has 0 amide bonds. The van der Waals surface area contributed by atoms with Gasteiger partial charge in [-0.1, -0.05) is 30.3 Å². The molecule has 6 atom stereocenters. The normalized spacial score (nSPS) is 25.3. The number of imidazole rings is 1. The Morgan fingerprint density at radius 3 is 2.42 bits per heavy atom. The Kier molecular flexibility index (Phi) is 8.47. The fraction of sp³-hybridized carbons (Fsp3) is 0.353. The van der Waals surface area contributed by atoms with E-state index < -0.39 is 54.6 Å². The molecular weight excluding hydrogens is 573 g/mol. The topological polar surface area (TPSA) is 271 Å². The van der Waals surface area contributed by atoms with Crippen LogP contribution in [-0.2, 0) is 38.1 Å². The summed E-state index contributed by atoms with van der Waals surface area (Å²) in [6.45, 7) is -0.544. The number of aliphatic hydroxyl groups excluding tert-OH is 1. The lowest BCUT2D eigenvalue weighted by Gasteiger charge is -2.23. The van der Waals surface area contributed by atoms with Crippen molar-refractivity contribution >= 4 is 40.4 Å². The average molecular weight is 596 g/mol. The number of ether oxygens (including phenoxy) is 1. The first-order valence-electron chi connectivity index (χ1n) is 10.6. The van der Waals surface area contributed by atoms with Crippen LogP contribution in [0.5, 0.6) is 0 Å². The van der Waals surface area contributed by atoms with Gasteiger partial charge in [-0.2, -0.15) is 8.62 Å². The Morgan fingerprint density at radius 1 is 1.03 bits per heavy atom. The molecule has 0 bridgehead atoms. The second-order valence-electron chi connectivity index (χ2n) is 7.92. The van der Waals surface area contributed by atoms with Crippen molar-refractivity contribution in [3.8, 4) is 0 Å². The lowest BCUT2D eigenvalue weighted by atomic mass is 10.1. The molecule has 2 unspecified atom stereocenters. The highest BCUT2D eigenvalue weighted by atomic mass is 31.3. The van der Waals surface area contributed by atoms with Gasteiger partial charge < -0.3 is 40.5 Å². The molecule has 1 fully saturated rings. The summed E-state index contributed by atoms with van der Waals surface area (Å²) < 4.78 is 54.1. The monoisotopic (exact) mass is 596 g/mol. The number of nitrogens with one attached hydrogen (secondary N) is 1. The zero-order valence-electron chi connectivity index (χ0n) is 19.1. The number of hydrogen-bond acceptors (Lipinski definition) is 13. The van der Waals surface area contributed by atoms with Crippen molar-refractivity contribution in [2.24, 2.45) is 0 Å². The van der Waals surface area contributed by atoms with Gasteiger partial charge in [0.15, 0.2) is 17.7 Å². The highest BCUT2D eigenvalue weighted by Gasteiger charge is 2.47. The van der Waals surface area contributed by atoms with Gasteiger partial charge in [-0.05, 0) is 5.56 Å². The zero-order valence-corrected chi connectivity index (χ0v) is 21.7. The summed E-state index contributed by atoms with van der Waals surface area (Å²) in [5, 5.41) is 14.2. The van der Waals surface area contributed by atoms with E-state index in [0.717, 1.165) is 5.56 Å². The molecule has 8 N–H and O–H groups in total. The van der Waals surface area contributed by atoms with Crippen LogP contribution in [0.25, 0.3) is 11.2 Å². The van der Waals surface area contributed by atoms with Crippen LogP contribution in [0.15, 0.2) is 43.0 Å². The summed E-state index contributed by atoms with van der Waals surface area (Å²) >= 11 is 0. The fourth-order valence-electron chi connectivity index (χ4n) is 3.73. The molecule has 1 aromatic carbocycles. The van der Waals surface area contributed by atoms with Gasteiger partial charge in [-0.3, -0.25) is 9.09 Å². The predicted octanol–water partition coefficient (Wildman–Crippen LogP) is 0.168. The van der Waals surface area contributed by atoms with Crippen molar-refractivity contribution in [2.75, 3.05) is 12.3 Å². The SMILES string of the molecule is Nc1ncnc2c1ncn2[C@@H]1O[C@H](COP(=O)(O)OP(=O)(O)OP(=O)(O)O)[C@@H](NCc2ccccc2)[C@H]1O. The van der Waals surface area contributed by atoms with E-state index in [0.29, 0.717) is 0 Å². The number of nitrogen functional groups attached to an aromatic ring is 1. The number of nitrogens with two attached hydrogens (primary N) is 1. The average Bonchev–Trinajstić information content (AvgIpc) is 3.36. The van der Waals surface area contributed by atoms with Crippen LogP contribution in [0.2, 0.25) is 0 Å². The zero-order chi connectivity index (χ0) is 27.7. The molecule has 4 rings (SSSR count). The third kappa shape index (κ3) is 7.08. The molecular formula is C17H23N6O12P3. The van der Waals surface area contributed by atoms with Crippen LogP contribution in [-0.4, -0.2) is 69.1 Å². The molecule has 3 aromatic rings. The van der Waals surface area contributed by atoms with Crippen LogP contribution < -0.4 is 11.1 Å². The van der Waals surface area contributed by atoms with Crippen LogP contribution in [0, 0.1) is 0 Å². The van der Waals surface area contributed by atoms with Gasteiger partial charge in [0.2, 0.25) is 0 Å². The number of rotatable bonds is 11. The van der Waals surface area contributed by atoms with Gasteiger partial charge in [-0.25, -0.2) is 28.6 Å². The summed E-state index contributed by atoms with van der Waals surface area (Å²) in [5.41, 5.74) is 7.13. The number of anilines is 1. The highest BCUT2D eigenvalue weighted by molar-refractivity contribution is 7.66. The molecule has 18 nitrogen and oxygen atoms in total. The molecule has 3 heterocycles. The summed E-state index contributed by atoms with van der Waals surface area (Å²) in [6, 6.07) is 8.11. The van der Waals surface area contributed by atoms with E-state index in [2.05, 4.69) is 28.9 Å². The third-order valence-electron chi connectivity index (χ3n) is 5.24. The largest absolute Gasteiger partial charge is 0.490 e. The Hall–Kier alpha value is -2.14. The Labute approximate surface area is 213 Å². The summed E-state index contributed by atoms with van der Waals surface area (Å²) in [7, 11) is -16.7. The molecule has 1 aliphatic heterocycles. The summed E-state index contributed by atoms with van der Waals surface area (Å²) in [6.07, 6.45) is -1.11.